The van der Waals surface area contributed by atoms with Crippen molar-refractivity contribution in [3.63, 3.8) is 0 Å². The first kappa shape index (κ1) is 21.2. The minimum atomic E-state index is -0.234. The number of urea groups is 2. The molecule has 0 saturated heterocycles. The lowest BCUT2D eigenvalue weighted by Crippen LogP contribution is -2.31. The molecule has 0 bridgehead atoms. The first-order chi connectivity index (χ1) is 15.7. The van der Waals surface area contributed by atoms with Gasteiger partial charge in [0.15, 0.2) is 0 Å². The van der Waals surface area contributed by atoms with Crippen LogP contribution in [0.25, 0.3) is 21.5 Å². The van der Waals surface area contributed by atoms with Gasteiger partial charge in [-0.2, -0.15) is 0 Å². The number of carbonyl (C=O) groups is 2. The molecule has 0 radical (unpaired) electrons. The van der Waals surface area contributed by atoms with Gasteiger partial charge in [-0.15, -0.1) is 0 Å². The lowest BCUT2D eigenvalue weighted by atomic mass is 10.1. The Morgan fingerprint density at radius 2 is 0.938 bits per heavy atom. The molecule has 6 heteroatoms. The molecule has 4 N–H and O–H groups in total. The van der Waals surface area contributed by atoms with Crippen molar-refractivity contribution in [2.45, 2.75) is 12.8 Å². The fourth-order valence-electron chi connectivity index (χ4n) is 3.54. The summed E-state index contributed by atoms with van der Waals surface area (Å²) in [5.74, 6) is 0. The predicted molar refractivity (Wildman–Crippen MR) is 131 cm³/mol. The number of nitrogens with one attached hydrogen (secondary N) is 4. The van der Waals surface area contributed by atoms with Gasteiger partial charge in [-0.25, -0.2) is 9.59 Å². The highest BCUT2D eigenvalue weighted by molar-refractivity contribution is 5.94. The van der Waals surface area contributed by atoms with Crippen LogP contribution in [0.5, 0.6) is 0 Å². The lowest BCUT2D eigenvalue weighted by Gasteiger charge is -2.10. The molecule has 0 fully saturated rings. The molecule has 0 aliphatic carbocycles. The molecule has 0 spiro atoms. The van der Waals surface area contributed by atoms with E-state index in [1.807, 2.05) is 84.9 Å². The molecule has 0 aliphatic heterocycles. The van der Waals surface area contributed by atoms with Crippen molar-refractivity contribution in [1.82, 2.24) is 10.6 Å². The Hall–Kier alpha value is -4.06. The lowest BCUT2D eigenvalue weighted by molar-refractivity contribution is 0.250. The number of rotatable bonds is 7. The molecule has 4 aromatic carbocycles. The largest absolute Gasteiger partial charge is 0.338 e. The molecule has 0 saturated carbocycles. The molecule has 4 amide bonds. The normalized spacial score (nSPS) is 10.6. The highest BCUT2D eigenvalue weighted by Gasteiger charge is 2.04. The van der Waals surface area contributed by atoms with Crippen LogP contribution in [0.4, 0.5) is 21.0 Å². The highest BCUT2D eigenvalue weighted by atomic mass is 16.2. The van der Waals surface area contributed by atoms with E-state index in [0.29, 0.717) is 13.1 Å². The van der Waals surface area contributed by atoms with E-state index in [0.717, 1.165) is 45.8 Å². The van der Waals surface area contributed by atoms with Crippen LogP contribution in [0.15, 0.2) is 84.9 Å². The average Bonchev–Trinajstić information content (AvgIpc) is 2.81. The summed E-state index contributed by atoms with van der Waals surface area (Å²) in [5, 5.41) is 15.8. The molecule has 6 nitrogen and oxygen atoms in total. The van der Waals surface area contributed by atoms with Crippen molar-refractivity contribution in [1.29, 1.82) is 0 Å². The van der Waals surface area contributed by atoms with Gasteiger partial charge in [0, 0.05) is 24.5 Å². The third-order valence-electron chi connectivity index (χ3n) is 5.19. The molecule has 32 heavy (non-hydrogen) atoms. The zero-order valence-electron chi connectivity index (χ0n) is 17.7. The molecular weight excluding hydrogens is 400 g/mol. The van der Waals surface area contributed by atoms with E-state index < -0.39 is 0 Å². The Morgan fingerprint density at radius 3 is 1.38 bits per heavy atom. The maximum Gasteiger partial charge on any atom is 0.319 e. The van der Waals surface area contributed by atoms with Crippen LogP contribution in [0.3, 0.4) is 0 Å². The number of benzene rings is 4. The van der Waals surface area contributed by atoms with Crippen LogP contribution < -0.4 is 21.3 Å². The van der Waals surface area contributed by atoms with Crippen molar-refractivity contribution in [3.8, 4) is 0 Å². The molecule has 0 heterocycles. The van der Waals surface area contributed by atoms with Crippen LogP contribution in [-0.4, -0.2) is 25.2 Å². The third-order valence-corrected chi connectivity index (χ3v) is 5.19. The Kier molecular flexibility index (Phi) is 6.82. The van der Waals surface area contributed by atoms with Gasteiger partial charge in [-0.1, -0.05) is 60.7 Å². The summed E-state index contributed by atoms with van der Waals surface area (Å²) < 4.78 is 0. The van der Waals surface area contributed by atoms with E-state index in [4.69, 9.17) is 0 Å². The van der Waals surface area contributed by atoms with Crippen LogP contribution in [-0.2, 0) is 0 Å². The summed E-state index contributed by atoms with van der Waals surface area (Å²) in [7, 11) is 0. The van der Waals surface area contributed by atoms with Gasteiger partial charge >= 0.3 is 12.1 Å². The second-order valence-electron chi connectivity index (χ2n) is 7.59. The molecule has 4 rings (SSSR count). The first-order valence-electron chi connectivity index (χ1n) is 10.7. The summed E-state index contributed by atoms with van der Waals surface area (Å²) in [4.78, 5) is 24.2. The van der Waals surface area contributed by atoms with Gasteiger partial charge in [0.05, 0.1) is 0 Å². The van der Waals surface area contributed by atoms with Crippen LogP contribution >= 0.6 is 0 Å². The Balaban J connectivity index is 1.12. The van der Waals surface area contributed by atoms with E-state index in [1.54, 1.807) is 0 Å². The molecule has 0 atom stereocenters. The van der Waals surface area contributed by atoms with E-state index in [9.17, 15) is 9.59 Å². The molecule has 0 aromatic heterocycles. The minimum Gasteiger partial charge on any atom is -0.338 e. The van der Waals surface area contributed by atoms with Gasteiger partial charge in [-0.05, 0) is 58.7 Å². The van der Waals surface area contributed by atoms with E-state index >= 15 is 0 Å². The molecular formula is C26H26N4O2. The Morgan fingerprint density at radius 1 is 0.531 bits per heavy atom. The summed E-state index contributed by atoms with van der Waals surface area (Å²) >= 11 is 0. The highest BCUT2D eigenvalue weighted by Crippen LogP contribution is 2.19. The number of amides is 4. The van der Waals surface area contributed by atoms with Gasteiger partial charge < -0.3 is 21.3 Å². The predicted octanol–water partition coefficient (Wildman–Crippen LogP) is 5.72. The quantitative estimate of drug-likeness (QED) is 0.285. The Labute approximate surface area is 187 Å². The maximum atomic E-state index is 12.1. The molecule has 0 unspecified atom stereocenters. The second-order valence-corrected chi connectivity index (χ2v) is 7.59. The van der Waals surface area contributed by atoms with Gasteiger partial charge in [-0.3, -0.25) is 0 Å². The van der Waals surface area contributed by atoms with Crippen molar-refractivity contribution in [2.75, 3.05) is 23.7 Å². The number of anilines is 2. The second kappa shape index (κ2) is 10.3. The van der Waals surface area contributed by atoms with Gasteiger partial charge in [0.25, 0.3) is 0 Å². The smallest absolute Gasteiger partial charge is 0.319 e. The summed E-state index contributed by atoms with van der Waals surface area (Å²) in [5.41, 5.74) is 1.52. The number of unbranched alkanes of at least 4 members (excludes halogenated alkanes) is 1. The topological polar surface area (TPSA) is 82.3 Å². The van der Waals surface area contributed by atoms with E-state index in [2.05, 4.69) is 21.3 Å². The van der Waals surface area contributed by atoms with Crippen molar-refractivity contribution >= 4 is 45.0 Å². The van der Waals surface area contributed by atoms with Crippen molar-refractivity contribution in [2.24, 2.45) is 0 Å². The van der Waals surface area contributed by atoms with Crippen LogP contribution in [0.1, 0.15) is 12.8 Å². The van der Waals surface area contributed by atoms with Crippen molar-refractivity contribution < 1.29 is 9.59 Å². The van der Waals surface area contributed by atoms with Crippen LogP contribution in [0.2, 0.25) is 0 Å². The maximum absolute atomic E-state index is 12.1. The zero-order chi connectivity index (χ0) is 22.2. The Bertz CT molecular complexity index is 1140. The minimum absolute atomic E-state index is 0.234. The van der Waals surface area contributed by atoms with Gasteiger partial charge in [0.2, 0.25) is 0 Å². The summed E-state index contributed by atoms with van der Waals surface area (Å²) in [6.07, 6.45) is 1.53. The first-order valence-corrected chi connectivity index (χ1v) is 10.7. The monoisotopic (exact) mass is 426 g/mol. The summed E-state index contributed by atoms with van der Waals surface area (Å²) in [6.45, 7) is 1.07. The van der Waals surface area contributed by atoms with Crippen molar-refractivity contribution in [3.05, 3.63) is 84.9 Å². The zero-order valence-corrected chi connectivity index (χ0v) is 17.7. The standard InChI is InChI=1S/C26H26N4O2/c31-25(29-23-13-11-19-7-1-3-9-21(19)17-23)27-15-5-6-16-28-26(32)30-24-14-12-20-8-2-4-10-22(20)18-24/h1-4,7-14,17-18H,5-6,15-16H2,(H2,27,29,31)(H2,28,30,32). The molecule has 4 aromatic rings. The fraction of sp³-hybridized carbons (Fsp3) is 0.154. The summed E-state index contributed by atoms with van der Waals surface area (Å²) in [6, 6.07) is 27.2. The number of hydrogen-bond donors (Lipinski definition) is 4. The van der Waals surface area contributed by atoms with Gasteiger partial charge in [0.1, 0.15) is 0 Å². The molecule has 0 aliphatic rings. The average molecular weight is 427 g/mol. The molecule has 162 valence electrons. The number of carbonyl (C=O) groups excluding carboxylic acids is 2. The fourth-order valence-corrected chi connectivity index (χ4v) is 3.54. The SMILES string of the molecule is O=C(NCCCCNC(=O)Nc1ccc2ccccc2c1)Nc1ccc2ccccc2c1. The number of fused-ring (bicyclic) bond motifs is 2. The van der Waals surface area contributed by atoms with Crippen LogP contribution in [0, 0.1) is 0 Å². The van der Waals surface area contributed by atoms with E-state index in [1.165, 1.54) is 0 Å². The number of hydrogen-bond acceptors (Lipinski definition) is 2. The third kappa shape index (κ3) is 5.76. The van der Waals surface area contributed by atoms with E-state index in [-0.39, 0.29) is 12.1 Å².